The minimum atomic E-state index is 0.0211. The van der Waals surface area contributed by atoms with Gasteiger partial charge in [-0.25, -0.2) is 0 Å². The lowest BCUT2D eigenvalue weighted by atomic mass is 10.1. The van der Waals surface area contributed by atoms with Crippen LogP contribution in [0.3, 0.4) is 0 Å². The second kappa shape index (κ2) is 5.49. The third-order valence-electron chi connectivity index (χ3n) is 2.65. The average molecular weight is 244 g/mol. The first kappa shape index (κ1) is 12.4. The number of nitrogens with zero attached hydrogens (tertiary/aromatic N) is 2. The van der Waals surface area contributed by atoms with Gasteiger partial charge in [0.05, 0.1) is 12.1 Å². The molecule has 0 saturated carbocycles. The molecule has 0 aliphatic rings. The number of aromatic nitrogens is 2. The summed E-state index contributed by atoms with van der Waals surface area (Å²) in [5, 5.41) is 4.09. The Balaban J connectivity index is 2.02. The molecule has 0 unspecified atom stereocenters. The van der Waals surface area contributed by atoms with Crippen molar-refractivity contribution in [2.75, 3.05) is 6.61 Å². The molecule has 0 spiro atoms. The zero-order valence-electron chi connectivity index (χ0n) is 10.6. The maximum atomic E-state index is 11.5. The normalized spacial score (nSPS) is 10.3. The third kappa shape index (κ3) is 2.97. The number of hydrogen-bond acceptors (Lipinski definition) is 3. The zero-order valence-corrected chi connectivity index (χ0v) is 10.6. The van der Waals surface area contributed by atoms with E-state index < -0.39 is 0 Å². The lowest BCUT2D eigenvalue weighted by Crippen LogP contribution is -2.10. The van der Waals surface area contributed by atoms with Gasteiger partial charge in [0.1, 0.15) is 12.4 Å². The van der Waals surface area contributed by atoms with E-state index in [4.69, 9.17) is 4.74 Å². The van der Waals surface area contributed by atoms with Crippen LogP contribution in [-0.2, 0) is 6.54 Å². The van der Waals surface area contributed by atoms with Gasteiger partial charge in [0.15, 0.2) is 5.78 Å². The quantitative estimate of drug-likeness (QED) is 0.759. The molecule has 0 aliphatic heterocycles. The van der Waals surface area contributed by atoms with Crippen LogP contribution in [0, 0.1) is 6.92 Å². The van der Waals surface area contributed by atoms with Gasteiger partial charge in [0, 0.05) is 12.4 Å². The van der Waals surface area contributed by atoms with Crippen LogP contribution in [0.25, 0.3) is 0 Å². The van der Waals surface area contributed by atoms with Gasteiger partial charge in [-0.3, -0.25) is 9.48 Å². The van der Waals surface area contributed by atoms with Gasteiger partial charge in [-0.05, 0) is 32.0 Å². The van der Waals surface area contributed by atoms with Gasteiger partial charge in [-0.15, -0.1) is 0 Å². The number of carbonyl (C=O) groups is 1. The Labute approximate surface area is 106 Å². The number of aryl methyl sites for hydroxylation is 1. The van der Waals surface area contributed by atoms with Crippen LogP contribution >= 0.6 is 0 Å². The molecule has 2 aromatic rings. The summed E-state index contributed by atoms with van der Waals surface area (Å²) in [5.74, 6) is 0.660. The van der Waals surface area contributed by atoms with Crippen molar-refractivity contribution < 1.29 is 9.53 Å². The number of ketones is 1. The molecule has 0 N–H and O–H groups in total. The molecular weight excluding hydrogens is 228 g/mol. The van der Waals surface area contributed by atoms with Crippen molar-refractivity contribution in [1.82, 2.24) is 9.78 Å². The van der Waals surface area contributed by atoms with Gasteiger partial charge in [0.2, 0.25) is 0 Å². The first-order valence-electron chi connectivity index (χ1n) is 5.88. The van der Waals surface area contributed by atoms with Crippen molar-refractivity contribution in [2.24, 2.45) is 0 Å². The number of benzene rings is 1. The van der Waals surface area contributed by atoms with Gasteiger partial charge in [-0.2, -0.15) is 5.10 Å². The molecule has 1 aromatic carbocycles. The van der Waals surface area contributed by atoms with E-state index in [-0.39, 0.29) is 5.78 Å². The Morgan fingerprint density at radius 3 is 2.94 bits per heavy atom. The maximum Gasteiger partial charge on any atom is 0.163 e. The Morgan fingerprint density at radius 2 is 2.28 bits per heavy atom. The fourth-order valence-corrected chi connectivity index (χ4v) is 1.73. The summed E-state index contributed by atoms with van der Waals surface area (Å²) in [6.07, 6.45) is 3.61. The topological polar surface area (TPSA) is 44.1 Å². The van der Waals surface area contributed by atoms with E-state index in [0.29, 0.717) is 24.5 Å². The molecule has 0 saturated heterocycles. The molecular formula is C14H16N2O2. The highest BCUT2D eigenvalue weighted by atomic mass is 16.5. The molecule has 0 amide bonds. The molecule has 0 fully saturated rings. The third-order valence-corrected chi connectivity index (χ3v) is 2.65. The predicted octanol–water partition coefficient (Wildman–Crippen LogP) is 2.47. The van der Waals surface area contributed by atoms with E-state index in [1.807, 2.05) is 37.4 Å². The van der Waals surface area contributed by atoms with E-state index in [9.17, 15) is 4.79 Å². The lowest BCUT2D eigenvalue weighted by molar-refractivity contribution is 0.101. The molecule has 1 aromatic heterocycles. The van der Waals surface area contributed by atoms with Gasteiger partial charge < -0.3 is 4.74 Å². The zero-order chi connectivity index (χ0) is 13.0. The highest BCUT2D eigenvalue weighted by molar-refractivity contribution is 5.97. The summed E-state index contributed by atoms with van der Waals surface area (Å²) < 4.78 is 7.44. The predicted molar refractivity (Wildman–Crippen MR) is 68.9 cm³/mol. The summed E-state index contributed by atoms with van der Waals surface area (Å²) in [7, 11) is 0. The summed E-state index contributed by atoms with van der Waals surface area (Å²) in [6.45, 7) is 4.67. The molecule has 0 aliphatic carbocycles. The average Bonchev–Trinajstić information content (AvgIpc) is 2.84. The monoisotopic (exact) mass is 244 g/mol. The Kier molecular flexibility index (Phi) is 3.77. The number of rotatable bonds is 5. The van der Waals surface area contributed by atoms with E-state index in [1.54, 1.807) is 17.8 Å². The minimum absolute atomic E-state index is 0.0211. The lowest BCUT2D eigenvalue weighted by Gasteiger charge is -2.10. The molecule has 0 bridgehead atoms. The van der Waals surface area contributed by atoms with Crippen LogP contribution in [-0.4, -0.2) is 22.2 Å². The van der Waals surface area contributed by atoms with Crippen molar-refractivity contribution in [3.63, 3.8) is 0 Å². The molecule has 0 atom stereocenters. The maximum absolute atomic E-state index is 11.5. The fraction of sp³-hybridized carbons (Fsp3) is 0.286. The standard InChI is InChI=1S/C14H16N2O2/c1-11-4-5-14(13(10-11)12(2)17)18-9-8-16-7-3-6-15-16/h3-7,10H,8-9H2,1-2H3. The first-order valence-corrected chi connectivity index (χ1v) is 5.88. The van der Waals surface area contributed by atoms with Crippen LogP contribution in [0.5, 0.6) is 5.75 Å². The highest BCUT2D eigenvalue weighted by Gasteiger charge is 2.08. The van der Waals surface area contributed by atoms with Crippen LogP contribution in [0.4, 0.5) is 0 Å². The van der Waals surface area contributed by atoms with Crippen molar-refractivity contribution in [2.45, 2.75) is 20.4 Å². The molecule has 2 rings (SSSR count). The summed E-state index contributed by atoms with van der Waals surface area (Å²) in [6, 6.07) is 7.50. The van der Waals surface area contributed by atoms with E-state index in [0.717, 1.165) is 5.56 Å². The van der Waals surface area contributed by atoms with Crippen molar-refractivity contribution in [3.05, 3.63) is 47.8 Å². The molecule has 1 heterocycles. The molecule has 4 nitrogen and oxygen atoms in total. The summed E-state index contributed by atoms with van der Waals surface area (Å²) >= 11 is 0. The second-order valence-corrected chi connectivity index (χ2v) is 4.17. The largest absolute Gasteiger partial charge is 0.491 e. The van der Waals surface area contributed by atoms with Crippen molar-refractivity contribution in [3.8, 4) is 5.75 Å². The second-order valence-electron chi connectivity index (χ2n) is 4.17. The highest BCUT2D eigenvalue weighted by Crippen LogP contribution is 2.20. The SMILES string of the molecule is CC(=O)c1cc(C)ccc1OCCn1cccn1. The fourth-order valence-electron chi connectivity index (χ4n) is 1.73. The molecule has 4 heteroatoms. The van der Waals surface area contributed by atoms with Gasteiger partial charge >= 0.3 is 0 Å². The van der Waals surface area contributed by atoms with Crippen LogP contribution < -0.4 is 4.74 Å². The molecule has 0 radical (unpaired) electrons. The summed E-state index contributed by atoms with van der Waals surface area (Å²) in [5.41, 5.74) is 1.69. The number of carbonyl (C=O) groups excluding carboxylic acids is 1. The van der Waals surface area contributed by atoms with E-state index in [2.05, 4.69) is 5.10 Å². The number of Topliss-reactive ketones (excluding diaryl/α,β-unsaturated/α-hetero) is 1. The van der Waals surface area contributed by atoms with E-state index >= 15 is 0 Å². The Morgan fingerprint density at radius 1 is 1.44 bits per heavy atom. The van der Waals surface area contributed by atoms with Crippen molar-refractivity contribution >= 4 is 5.78 Å². The molecule has 94 valence electrons. The molecule has 18 heavy (non-hydrogen) atoms. The van der Waals surface area contributed by atoms with Crippen LogP contribution in [0.15, 0.2) is 36.7 Å². The first-order chi connectivity index (χ1) is 8.66. The Hall–Kier alpha value is -2.10. The smallest absolute Gasteiger partial charge is 0.163 e. The Bertz CT molecular complexity index is 533. The van der Waals surface area contributed by atoms with Crippen molar-refractivity contribution in [1.29, 1.82) is 0 Å². The van der Waals surface area contributed by atoms with Gasteiger partial charge in [-0.1, -0.05) is 11.6 Å². The van der Waals surface area contributed by atoms with E-state index in [1.165, 1.54) is 0 Å². The summed E-state index contributed by atoms with van der Waals surface area (Å²) in [4.78, 5) is 11.5. The number of ether oxygens (including phenoxy) is 1. The minimum Gasteiger partial charge on any atom is -0.491 e. The van der Waals surface area contributed by atoms with Gasteiger partial charge in [0.25, 0.3) is 0 Å². The number of hydrogen-bond donors (Lipinski definition) is 0. The van der Waals surface area contributed by atoms with Crippen LogP contribution in [0.2, 0.25) is 0 Å². The van der Waals surface area contributed by atoms with Crippen LogP contribution in [0.1, 0.15) is 22.8 Å².